The van der Waals surface area contributed by atoms with Crippen LogP contribution in [0.4, 0.5) is 5.82 Å². The van der Waals surface area contributed by atoms with E-state index in [1.807, 2.05) is 0 Å². The van der Waals surface area contributed by atoms with Crippen LogP contribution in [-0.2, 0) is 27.1 Å². The van der Waals surface area contributed by atoms with E-state index in [2.05, 4.69) is 9.97 Å². The van der Waals surface area contributed by atoms with Gasteiger partial charge in [0.1, 0.15) is 11.6 Å². The lowest BCUT2D eigenvalue weighted by atomic mass is 10.2. The first-order valence-corrected chi connectivity index (χ1v) is 5.70. The van der Waals surface area contributed by atoms with Crippen molar-refractivity contribution in [1.82, 2.24) is 9.97 Å². The number of nitrogens with two attached hydrogens (primary N) is 1. The Hall–Kier alpha value is -1.93. The van der Waals surface area contributed by atoms with Crippen molar-refractivity contribution in [1.29, 1.82) is 0 Å². The fraction of sp³-hybridized carbons (Fsp3) is 0.545. The summed E-state index contributed by atoms with van der Waals surface area (Å²) in [5.74, 6) is -0.818. The predicted octanol–water partition coefficient (Wildman–Crippen LogP) is -0.815. The second-order valence-electron chi connectivity index (χ2n) is 3.80. The Kier molecular flexibility index (Phi) is 5.97. The second kappa shape index (κ2) is 7.49. The molecule has 0 aliphatic rings. The molecule has 0 fully saturated rings. The maximum Gasteiger partial charge on any atom is 0.308 e. The number of aliphatic carboxylic acids is 1. The third kappa shape index (κ3) is 5.06. The largest absolute Gasteiger partial charge is 0.481 e. The monoisotopic (exact) mass is 271 g/mol. The first-order valence-electron chi connectivity index (χ1n) is 5.70. The molecule has 0 unspecified atom stereocenters. The van der Waals surface area contributed by atoms with Gasteiger partial charge in [0.15, 0.2) is 0 Å². The molecule has 0 aliphatic heterocycles. The molecule has 19 heavy (non-hydrogen) atoms. The molecular weight excluding hydrogens is 254 g/mol. The van der Waals surface area contributed by atoms with E-state index in [-0.39, 0.29) is 11.4 Å². The van der Waals surface area contributed by atoms with Crippen LogP contribution in [0.25, 0.3) is 0 Å². The minimum atomic E-state index is -1.13. The zero-order valence-corrected chi connectivity index (χ0v) is 10.6. The van der Waals surface area contributed by atoms with Crippen LogP contribution in [0, 0.1) is 0 Å². The minimum absolute atomic E-state index is 0.0310. The third-order valence-corrected chi connectivity index (χ3v) is 2.34. The number of aromatic amines is 1. The van der Waals surface area contributed by atoms with E-state index in [4.69, 9.17) is 20.3 Å². The van der Waals surface area contributed by atoms with Gasteiger partial charge >= 0.3 is 5.97 Å². The molecule has 0 spiro atoms. The van der Waals surface area contributed by atoms with Gasteiger partial charge in [0.2, 0.25) is 0 Å². The standard InChI is InChI=1S/C11H17N3O5/c1-18-4-5-19-3-2-8-13-10(12)7(6-9(15)16)11(17)14-8/h2-6H2,1H3,(H,15,16)(H3,12,13,14,17). The van der Waals surface area contributed by atoms with Crippen LogP contribution in [0.2, 0.25) is 0 Å². The highest BCUT2D eigenvalue weighted by Gasteiger charge is 2.12. The number of carbonyl (C=O) groups is 1. The number of H-pyrrole nitrogens is 1. The van der Waals surface area contributed by atoms with E-state index in [9.17, 15) is 9.59 Å². The zero-order chi connectivity index (χ0) is 14.3. The summed E-state index contributed by atoms with van der Waals surface area (Å²) in [5, 5.41) is 8.64. The highest BCUT2D eigenvalue weighted by Crippen LogP contribution is 2.04. The van der Waals surface area contributed by atoms with Crippen LogP contribution in [0.5, 0.6) is 0 Å². The Bertz CT molecular complexity index is 486. The smallest absolute Gasteiger partial charge is 0.308 e. The highest BCUT2D eigenvalue weighted by molar-refractivity contribution is 5.71. The van der Waals surface area contributed by atoms with Crippen molar-refractivity contribution >= 4 is 11.8 Å². The number of hydrogen-bond donors (Lipinski definition) is 3. The number of rotatable bonds is 8. The first kappa shape index (κ1) is 15.1. The van der Waals surface area contributed by atoms with E-state index in [0.717, 1.165) is 0 Å². The topological polar surface area (TPSA) is 128 Å². The van der Waals surface area contributed by atoms with Gasteiger partial charge in [-0.3, -0.25) is 9.59 Å². The minimum Gasteiger partial charge on any atom is -0.481 e. The van der Waals surface area contributed by atoms with Crippen molar-refractivity contribution in [2.24, 2.45) is 0 Å². The average Bonchev–Trinajstić information content (AvgIpc) is 2.33. The van der Waals surface area contributed by atoms with Gasteiger partial charge in [0.05, 0.1) is 31.8 Å². The normalized spacial score (nSPS) is 10.6. The SMILES string of the molecule is COCCOCCc1nc(N)c(CC(=O)O)c(=O)[nH]1. The summed E-state index contributed by atoms with van der Waals surface area (Å²) in [5.41, 5.74) is 5.01. The van der Waals surface area contributed by atoms with Crippen molar-refractivity contribution in [2.75, 3.05) is 32.7 Å². The summed E-state index contributed by atoms with van der Waals surface area (Å²) in [6.45, 7) is 1.31. The number of carboxylic acid groups (broad SMARTS) is 1. The Morgan fingerprint density at radius 1 is 1.42 bits per heavy atom. The molecule has 1 heterocycles. The van der Waals surface area contributed by atoms with Crippen molar-refractivity contribution in [2.45, 2.75) is 12.8 Å². The van der Waals surface area contributed by atoms with Crippen molar-refractivity contribution < 1.29 is 19.4 Å². The number of anilines is 1. The molecule has 0 saturated heterocycles. The molecule has 106 valence electrons. The van der Waals surface area contributed by atoms with Gasteiger partial charge in [-0.15, -0.1) is 0 Å². The lowest BCUT2D eigenvalue weighted by Crippen LogP contribution is -2.22. The number of carboxylic acids is 1. The van der Waals surface area contributed by atoms with E-state index >= 15 is 0 Å². The second-order valence-corrected chi connectivity index (χ2v) is 3.80. The van der Waals surface area contributed by atoms with Crippen LogP contribution in [0.3, 0.4) is 0 Å². The Morgan fingerprint density at radius 2 is 2.16 bits per heavy atom. The summed E-state index contributed by atoms with van der Waals surface area (Å²) >= 11 is 0. The lowest BCUT2D eigenvalue weighted by Gasteiger charge is -2.06. The molecule has 8 heteroatoms. The Morgan fingerprint density at radius 3 is 2.74 bits per heavy atom. The van der Waals surface area contributed by atoms with Crippen LogP contribution in [0.1, 0.15) is 11.4 Å². The number of nitrogens with zero attached hydrogens (tertiary/aromatic N) is 1. The van der Waals surface area contributed by atoms with Gasteiger partial charge in [-0.1, -0.05) is 0 Å². The van der Waals surface area contributed by atoms with Crippen molar-refractivity contribution in [3.8, 4) is 0 Å². The quantitative estimate of drug-likeness (QED) is 0.527. The highest BCUT2D eigenvalue weighted by atomic mass is 16.5. The molecule has 4 N–H and O–H groups in total. The zero-order valence-electron chi connectivity index (χ0n) is 10.6. The van der Waals surface area contributed by atoms with E-state index < -0.39 is 17.9 Å². The van der Waals surface area contributed by atoms with Crippen LogP contribution in [-0.4, -0.2) is 48.0 Å². The summed E-state index contributed by atoms with van der Waals surface area (Å²) in [7, 11) is 1.57. The molecule has 0 saturated carbocycles. The fourth-order valence-corrected chi connectivity index (χ4v) is 1.42. The summed E-state index contributed by atoms with van der Waals surface area (Å²) in [4.78, 5) is 28.6. The van der Waals surface area contributed by atoms with E-state index in [0.29, 0.717) is 32.1 Å². The van der Waals surface area contributed by atoms with Crippen molar-refractivity contribution in [3.63, 3.8) is 0 Å². The average molecular weight is 271 g/mol. The van der Waals surface area contributed by atoms with Crippen LogP contribution in [0.15, 0.2) is 4.79 Å². The molecule has 0 aromatic carbocycles. The van der Waals surface area contributed by atoms with Crippen LogP contribution < -0.4 is 11.3 Å². The molecule has 1 rings (SSSR count). The number of ether oxygens (including phenoxy) is 2. The van der Waals surface area contributed by atoms with Gasteiger partial charge in [-0.2, -0.15) is 0 Å². The first-order chi connectivity index (χ1) is 9.04. The number of nitrogens with one attached hydrogen (secondary N) is 1. The molecule has 1 aromatic rings. The molecule has 0 amide bonds. The Balaban J connectivity index is 2.62. The van der Waals surface area contributed by atoms with Gasteiger partial charge in [-0.05, 0) is 0 Å². The summed E-state index contributed by atoms with van der Waals surface area (Å²) < 4.78 is 10.0. The molecule has 0 atom stereocenters. The van der Waals surface area contributed by atoms with Gasteiger partial charge in [0, 0.05) is 13.5 Å². The molecule has 0 aliphatic carbocycles. The molecular formula is C11H17N3O5. The summed E-state index contributed by atoms with van der Waals surface area (Å²) in [6.07, 6.45) is -0.0602. The van der Waals surface area contributed by atoms with Gasteiger partial charge in [-0.25, -0.2) is 4.98 Å². The molecule has 8 nitrogen and oxygen atoms in total. The molecule has 0 bridgehead atoms. The number of aromatic nitrogens is 2. The van der Waals surface area contributed by atoms with Gasteiger partial charge < -0.3 is 25.3 Å². The number of hydrogen-bond acceptors (Lipinski definition) is 6. The Labute approximate surface area is 109 Å². The van der Waals surface area contributed by atoms with E-state index in [1.54, 1.807) is 7.11 Å². The van der Waals surface area contributed by atoms with Gasteiger partial charge in [0.25, 0.3) is 5.56 Å². The predicted molar refractivity (Wildman–Crippen MR) is 67.0 cm³/mol. The number of nitrogen functional groups attached to an aromatic ring is 1. The van der Waals surface area contributed by atoms with Crippen molar-refractivity contribution in [3.05, 3.63) is 21.7 Å². The summed E-state index contributed by atoms with van der Waals surface area (Å²) in [6, 6.07) is 0. The number of methoxy groups -OCH3 is 1. The fourth-order valence-electron chi connectivity index (χ4n) is 1.42. The maximum absolute atomic E-state index is 11.6. The molecule has 0 radical (unpaired) electrons. The van der Waals surface area contributed by atoms with E-state index in [1.165, 1.54) is 0 Å². The lowest BCUT2D eigenvalue weighted by molar-refractivity contribution is -0.136. The maximum atomic E-state index is 11.6. The van der Waals surface area contributed by atoms with Crippen LogP contribution >= 0.6 is 0 Å². The third-order valence-electron chi connectivity index (χ3n) is 2.34. The molecule has 1 aromatic heterocycles.